The zero-order chi connectivity index (χ0) is 12.0. The number of hydrogen-bond acceptors (Lipinski definition) is 4. The van der Waals surface area contributed by atoms with E-state index in [0.717, 1.165) is 6.42 Å². The predicted molar refractivity (Wildman–Crippen MR) is 57.7 cm³/mol. The van der Waals surface area contributed by atoms with Crippen molar-refractivity contribution in [3.8, 4) is 0 Å². The average Bonchev–Trinajstić information content (AvgIpc) is 1.94. The molecule has 2 aliphatic carbocycles. The Morgan fingerprint density at radius 3 is 2.56 bits per heavy atom. The number of carbonyl (C=O) groups excluding carboxylic acids is 1. The number of fused-ring (bicyclic) bond motifs is 2. The van der Waals surface area contributed by atoms with Crippen LogP contribution in [0.5, 0.6) is 0 Å². The Balaban J connectivity index is 2.31. The molecule has 2 bridgehead atoms. The molecule has 2 aliphatic rings. The normalized spacial score (nSPS) is 52.1. The topological polar surface area (TPSA) is 66.8 Å². The van der Waals surface area contributed by atoms with Gasteiger partial charge in [0.2, 0.25) is 0 Å². The lowest BCUT2D eigenvalue weighted by Crippen LogP contribution is -2.60. The molecule has 0 aromatic carbocycles. The molecule has 0 aliphatic heterocycles. The van der Waals surface area contributed by atoms with E-state index < -0.39 is 16.8 Å². The van der Waals surface area contributed by atoms with E-state index in [4.69, 9.17) is 4.74 Å². The lowest BCUT2D eigenvalue weighted by molar-refractivity contribution is -0.216. The first kappa shape index (κ1) is 11.9. The van der Waals surface area contributed by atoms with Gasteiger partial charge in [0, 0.05) is 19.3 Å². The molecule has 16 heavy (non-hydrogen) atoms. The Labute approximate surface area is 95.6 Å². The fourth-order valence-electron chi connectivity index (χ4n) is 4.07. The summed E-state index contributed by atoms with van der Waals surface area (Å²) in [6.07, 6.45) is 2.65. The first-order valence-corrected chi connectivity index (χ1v) is 5.85. The molecule has 0 spiro atoms. The van der Waals surface area contributed by atoms with Gasteiger partial charge in [0.05, 0.1) is 11.2 Å². The van der Waals surface area contributed by atoms with Gasteiger partial charge in [-0.2, -0.15) is 0 Å². The SMILES string of the molecule is CC1CC2(O)CC(C)(O)CC(OC=O)(C1)C2. The first-order valence-electron chi connectivity index (χ1n) is 5.85. The summed E-state index contributed by atoms with van der Waals surface area (Å²) < 4.78 is 5.21. The van der Waals surface area contributed by atoms with Gasteiger partial charge in [-0.3, -0.25) is 4.79 Å². The Bertz CT molecular complexity index is 297. The van der Waals surface area contributed by atoms with E-state index in [9.17, 15) is 15.0 Å². The molecule has 92 valence electrons. The van der Waals surface area contributed by atoms with Crippen molar-refractivity contribution < 1.29 is 19.7 Å². The largest absolute Gasteiger partial charge is 0.461 e. The Kier molecular flexibility index (Phi) is 2.55. The van der Waals surface area contributed by atoms with Crippen molar-refractivity contribution in [3.63, 3.8) is 0 Å². The number of aliphatic hydroxyl groups is 2. The minimum atomic E-state index is -0.948. The second-order valence-corrected chi connectivity index (χ2v) is 6.16. The second-order valence-electron chi connectivity index (χ2n) is 6.16. The number of carbonyl (C=O) groups is 1. The highest BCUT2D eigenvalue weighted by atomic mass is 16.5. The summed E-state index contributed by atoms with van der Waals surface area (Å²) in [7, 11) is 0. The molecule has 4 unspecified atom stereocenters. The molecule has 0 aromatic rings. The van der Waals surface area contributed by atoms with E-state index in [1.165, 1.54) is 0 Å². The van der Waals surface area contributed by atoms with Gasteiger partial charge in [0.25, 0.3) is 6.47 Å². The Morgan fingerprint density at radius 1 is 1.25 bits per heavy atom. The van der Waals surface area contributed by atoms with E-state index in [1.54, 1.807) is 6.92 Å². The van der Waals surface area contributed by atoms with Crippen LogP contribution in [0.15, 0.2) is 0 Å². The third kappa shape index (κ3) is 2.09. The van der Waals surface area contributed by atoms with Gasteiger partial charge in [-0.05, 0) is 25.7 Å². The van der Waals surface area contributed by atoms with E-state index in [2.05, 4.69) is 0 Å². The molecule has 4 atom stereocenters. The summed E-state index contributed by atoms with van der Waals surface area (Å²) in [5, 5.41) is 20.6. The minimum absolute atomic E-state index is 0.315. The van der Waals surface area contributed by atoms with Crippen LogP contribution in [0.3, 0.4) is 0 Å². The van der Waals surface area contributed by atoms with E-state index >= 15 is 0 Å². The summed E-state index contributed by atoms with van der Waals surface area (Å²) in [6.45, 7) is 4.20. The lowest BCUT2D eigenvalue weighted by Gasteiger charge is -2.55. The van der Waals surface area contributed by atoms with Crippen molar-refractivity contribution in [2.24, 2.45) is 5.92 Å². The molecule has 0 aromatic heterocycles. The van der Waals surface area contributed by atoms with Gasteiger partial charge in [-0.25, -0.2) is 0 Å². The molecule has 2 N–H and O–H groups in total. The fourth-order valence-corrected chi connectivity index (χ4v) is 4.07. The fraction of sp³-hybridized carbons (Fsp3) is 0.917. The van der Waals surface area contributed by atoms with Gasteiger partial charge in [-0.1, -0.05) is 6.92 Å². The van der Waals surface area contributed by atoms with E-state index in [-0.39, 0.29) is 0 Å². The summed E-state index contributed by atoms with van der Waals surface area (Å²) in [4.78, 5) is 10.6. The average molecular weight is 228 g/mol. The maximum atomic E-state index is 10.6. The molecule has 2 fully saturated rings. The molecule has 4 nitrogen and oxygen atoms in total. The summed E-state index contributed by atoms with van der Waals surface area (Å²) in [6, 6.07) is 0. The standard InChI is InChI=1S/C12H20O4/c1-9-3-11(15)5-10(2,14)6-12(4-9,7-11)16-8-13/h8-9,14-15H,3-7H2,1-2H3. The second kappa shape index (κ2) is 3.44. The lowest BCUT2D eigenvalue weighted by atomic mass is 9.59. The third-order valence-electron chi connectivity index (χ3n) is 3.81. The Morgan fingerprint density at radius 2 is 1.94 bits per heavy atom. The zero-order valence-electron chi connectivity index (χ0n) is 9.90. The smallest absolute Gasteiger partial charge is 0.293 e. The third-order valence-corrected chi connectivity index (χ3v) is 3.81. The Hall–Kier alpha value is -0.610. The van der Waals surface area contributed by atoms with Crippen LogP contribution in [-0.4, -0.2) is 33.5 Å². The van der Waals surface area contributed by atoms with Crippen LogP contribution in [0.25, 0.3) is 0 Å². The summed E-state index contributed by atoms with van der Waals surface area (Å²) >= 11 is 0. The maximum Gasteiger partial charge on any atom is 0.293 e. The molecule has 0 heterocycles. The first-order chi connectivity index (χ1) is 7.28. The van der Waals surface area contributed by atoms with Crippen molar-refractivity contribution in [2.75, 3.05) is 0 Å². The number of hydrogen-bond donors (Lipinski definition) is 2. The van der Waals surface area contributed by atoms with Crippen LogP contribution in [0.4, 0.5) is 0 Å². The van der Waals surface area contributed by atoms with Crippen LogP contribution in [0.2, 0.25) is 0 Å². The molecule has 0 amide bonds. The van der Waals surface area contributed by atoms with Crippen molar-refractivity contribution in [2.45, 2.75) is 62.8 Å². The molecule has 2 rings (SSSR count). The highest BCUT2D eigenvalue weighted by molar-refractivity contribution is 5.39. The number of ether oxygens (including phenoxy) is 1. The van der Waals surface area contributed by atoms with Gasteiger partial charge in [0.15, 0.2) is 0 Å². The van der Waals surface area contributed by atoms with Crippen LogP contribution in [0.1, 0.15) is 46.0 Å². The van der Waals surface area contributed by atoms with Gasteiger partial charge in [-0.15, -0.1) is 0 Å². The van der Waals surface area contributed by atoms with Crippen molar-refractivity contribution >= 4 is 6.47 Å². The summed E-state index contributed by atoms with van der Waals surface area (Å²) in [5.41, 5.74) is -2.51. The molecule has 2 saturated carbocycles. The highest BCUT2D eigenvalue weighted by Gasteiger charge is 2.57. The van der Waals surface area contributed by atoms with Crippen LogP contribution < -0.4 is 0 Å². The van der Waals surface area contributed by atoms with E-state index in [0.29, 0.717) is 38.1 Å². The molecule has 0 saturated heterocycles. The van der Waals surface area contributed by atoms with E-state index in [1.807, 2.05) is 6.92 Å². The molecule has 0 radical (unpaired) electrons. The number of rotatable bonds is 2. The van der Waals surface area contributed by atoms with Crippen molar-refractivity contribution in [1.29, 1.82) is 0 Å². The van der Waals surface area contributed by atoms with Crippen molar-refractivity contribution in [1.82, 2.24) is 0 Å². The zero-order valence-corrected chi connectivity index (χ0v) is 9.90. The molecule has 4 heteroatoms. The quantitative estimate of drug-likeness (QED) is 0.692. The molecular formula is C12H20O4. The summed E-state index contributed by atoms with van der Waals surface area (Å²) in [5.74, 6) is 0.315. The molecular weight excluding hydrogens is 208 g/mol. The van der Waals surface area contributed by atoms with Crippen LogP contribution in [0, 0.1) is 5.92 Å². The predicted octanol–water partition coefficient (Wildman–Crippen LogP) is 0.994. The van der Waals surface area contributed by atoms with Crippen LogP contribution >= 0.6 is 0 Å². The van der Waals surface area contributed by atoms with Crippen LogP contribution in [-0.2, 0) is 9.53 Å². The van der Waals surface area contributed by atoms with Crippen molar-refractivity contribution in [3.05, 3.63) is 0 Å². The van der Waals surface area contributed by atoms with Gasteiger partial charge >= 0.3 is 0 Å². The maximum absolute atomic E-state index is 10.6. The monoisotopic (exact) mass is 228 g/mol. The highest BCUT2D eigenvalue weighted by Crippen LogP contribution is 2.52. The van der Waals surface area contributed by atoms with Gasteiger partial charge in [0.1, 0.15) is 5.60 Å². The van der Waals surface area contributed by atoms with Gasteiger partial charge < -0.3 is 14.9 Å². The minimum Gasteiger partial charge on any atom is -0.461 e.